The van der Waals surface area contributed by atoms with Gasteiger partial charge in [0, 0.05) is 22.0 Å². The number of carbonyl (C=O) groups is 3. The van der Waals surface area contributed by atoms with Crippen LogP contribution >= 0.6 is 23.1 Å². The van der Waals surface area contributed by atoms with Crippen molar-refractivity contribution in [3.8, 4) is 6.07 Å². The van der Waals surface area contributed by atoms with Gasteiger partial charge in [0.1, 0.15) is 16.7 Å². The normalized spacial score (nSPS) is 12.9. The fourth-order valence-corrected chi connectivity index (χ4v) is 5.65. The lowest BCUT2D eigenvalue weighted by Gasteiger charge is -2.29. The molecule has 11 heteroatoms. The highest BCUT2D eigenvalue weighted by molar-refractivity contribution is 8.00. The minimum Gasteiger partial charge on any atom is -0.459 e. The molecule has 37 heavy (non-hydrogen) atoms. The maximum Gasteiger partial charge on any atom is 0.410 e. The van der Waals surface area contributed by atoms with Gasteiger partial charge in [0.05, 0.1) is 24.1 Å². The second-order valence-corrected chi connectivity index (χ2v) is 11.4. The van der Waals surface area contributed by atoms with Gasteiger partial charge in [0.25, 0.3) is 5.91 Å². The number of carbonyl (C=O) groups excluding carboxylic acids is 3. The maximum atomic E-state index is 12.7. The van der Waals surface area contributed by atoms with E-state index in [4.69, 9.17) is 9.15 Å². The van der Waals surface area contributed by atoms with Crippen LogP contribution in [0.3, 0.4) is 0 Å². The van der Waals surface area contributed by atoms with Gasteiger partial charge in [-0.3, -0.25) is 9.59 Å². The van der Waals surface area contributed by atoms with Crippen LogP contribution in [-0.4, -0.2) is 40.7 Å². The number of hydrogen-bond acceptors (Lipinski definition) is 8. The molecular weight excluding hydrogens is 512 g/mol. The molecule has 1 aromatic carbocycles. The van der Waals surface area contributed by atoms with Crippen molar-refractivity contribution >= 4 is 51.7 Å². The first-order valence-electron chi connectivity index (χ1n) is 11.5. The van der Waals surface area contributed by atoms with Gasteiger partial charge in [-0.25, -0.2) is 4.79 Å². The van der Waals surface area contributed by atoms with Crippen LogP contribution in [0.5, 0.6) is 0 Å². The highest BCUT2D eigenvalue weighted by atomic mass is 32.2. The molecule has 0 unspecified atom stereocenters. The molecule has 0 spiro atoms. The molecule has 1 aliphatic heterocycles. The van der Waals surface area contributed by atoms with Crippen LogP contribution in [-0.2, 0) is 22.5 Å². The standard InChI is InChI=1S/C26H26N4O5S2/c1-26(2,3)35-25(33)30-10-9-18-19(13-27)24(37-21(18)14-30)29-22(31)15-36-17-7-4-6-16(12-17)28-23(32)20-8-5-11-34-20/h4-8,11-12H,9-10,14-15H2,1-3H3,(H,28,32)(H,29,31). The second kappa shape index (κ2) is 11.1. The van der Waals surface area contributed by atoms with Gasteiger partial charge < -0.3 is 24.7 Å². The van der Waals surface area contributed by atoms with Crippen molar-refractivity contribution in [2.24, 2.45) is 0 Å². The molecule has 2 N–H and O–H groups in total. The van der Waals surface area contributed by atoms with Gasteiger partial charge in [-0.05, 0) is 63.1 Å². The Kier molecular flexibility index (Phi) is 7.90. The molecule has 3 heterocycles. The number of benzene rings is 1. The predicted molar refractivity (Wildman–Crippen MR) is 142 cm³/mol. The van der Waals surface area contributed by atoms with Crippen molar-refractivity contribution < 1.29 is 23.5 Å². The summed E-state index contributed by atoms with van der Waals surface area (Å²) in [5.74, 6) is -0.291. The molecule has 4 rings (SSSR count). The Balaban J connectivity index is 1.36. The van der Waals surface area contributed by atoms with Gasteiger partial charge in [-0.15, -0.1) is 23.1 Å². The number of hydrogen-bond donors (Lipinski definition) is 2. The highest BCUT2D eigenvalue weighted by Gasteiger charge is 2.30. The molecule has 0 saturated heterocycles. The number of rotatable bonds is 6. The van der Waals surface area contributed by atoms with E-state index >= 15 is 0 Å². The molecule has 3 aromatic rings. The van der Waals surface area contributed by atoms with Crippen LogP contribution in [0, 0.1) is 11.3 Å². The Morgan fingerprint density at radius 1 is 1.22 bits per heavy atom. The lowest BCUT2D eigenvalue weighted by Crippen LogP contribution is -2.39. The van der Waals surface area contributed by atoms with E-state index < -0.39 is 11.7 Å². The molecule has 0 radical (unpaired) electrons. The SMILES string of the molecule is CC(C)(C)OC(=O)N1CCc2c(sc(NC(=O)CSc3cccc(NC(=O)c4ccco4)c3)c2C#N)C1. The third-order valence-corrected chi connectivity index (χ3v) is 7.41. The average Bonchev–Trinajstić information content (AvgIpc) is 3.49. The first-order chi connectivity index (χ1) is 17.6. The van der Waals surface area contributed by atoms with Crippen LogP contribution in [0.1, 0.15) is 47.3 Å². The Morgan fingerprint density at radius 3 is 2.73 bits per heavy atom. The highest BCUT2D eigenvalue weighted by Crippen LogP contribution is 2.37. The lowest BCUT2D eigenvalue weighted by molar-refractivity contribution is -0.113. The van der Waals surface area contributed by atoms with Crippen LogP contribution < -0.4 is 10.6 Å². The van der Waals surface area contributed by atoms with Gasteiger partial charge in [-0.2, -0.15) is 5.26 Å². The van der Waals surface area contributed by atoms with Crippen LogP contribution in [0.2, 0.25) is 0 Å². The number of nitrogens with zero attached hydrogens (tertiary/aromatic N) is 2. The summed E-state index contributed by atoms with van der Waals surface area (Å²) in [4.78, 5) is 40.7. The average molecular weight is 539 g/mol. The zero-order chi connectivity index (χ0) is 26.6. The van der Waals surface area contributed by atoms with E-state index in [1.54, 1.807) is 35.2 Å². The molecule has 0 fully saturated rings. The number of fused-ring (bicyclic) bond motifs is 1. The number of nitrogens with one attached hydrogen (secondary N) is 2. The van der Waals surface area contributed by atoms with Crippen molar-refractivity contribution in [2.45, 2.75) is 44.2 Å². The summed E-state index contributed by atoms with van der Waals surface area (Å²) in [5, 5.41) is 15.8. The number of ether oxygens (including phenoxy) is 1. The number of amides is 3. The summed E-state index contributed by atoms with van der Waals surface area (Å²) < 4.78 is 10.6. The number of thioether (sulfide) groups is 1. The van der Waals surface area contributed by atoms with Crippen molar-refractivity contribution in [3.63, 3.8) is 0 Å². The zero-order valence-electron chi connectivity index (χ0n) is 20.6. The first-order valence-corrected chi connectivity index (χ1v) is 13.3. The molecule has 3 amide bonds. The van der Waals surface area contributed by atoms with E-state index in [1.165, 1.54) is 29.4 Å². The molecule has 1 aliphatic rings. The minimum absolute atomic E-state index is 0.118. The smallest absolute Gasteiger partial charge is 0.410 e. The number of nitriles is 1. The quantitative estimate of drug-likeness (QED) is 0.398. The van der Waals surface area contributed by atoms with Gasteiger partial charge in [0.2, 0.25) is 5.91 Å². The lowest BCUT2D eigenvalue weighted by atomic mass is 10.0. The van der Waals surface area contributed by atoms with E-state index in [9.17, 15) is 19.6 Å². The Hall–Kier alpha value is -3.75. The maximum absolute atomic E-state index is 12.7. The monoisotopic (exact) mass is 538 g/mol. The van der Waals surface area contributed by atoms with Gasteiger partial charge in [0.15, 0.2) is 5.76 Å². The number of thiophene rings is 1. The molecule has 0 saturated carbocycles. The van der Waals surface area contributed by atoms with E-state index in [-0.39, 0.29) is 23.3 Å². The van der Waals surface area contributed by atoms with Crippen molar-refractivity contribution in [2.75, 3.05) is 22.9 Å². The summed E-state index contributed by atoms with van der Waals surface area (Å²) >= 11 is 2.62. The van der Waals surface area contributed by atoms with E-state index in [2.05, 4.69) is 16.7 Å². The topological polar surface area (TPSA) is 125 Å². The van der Waals surface area contributed by atoms with Crippen LogP contribution in [0.4, 0.5) is 15.5 Å². The van der Waals surface area contributed by atoms with Gasteiger partial charge in [-0.1, -0.05) is 6.07 Å². The van der Waals surface area contributed by atoms with Crippen molar-refractivity contribution in [1.82, 2.24) is 4.90 Å². The summed E-state index contributed by atoms with van der Waals surface area (Å²) in [5.41, 5.74) is 1.31. The Labute approximate surface area is 222 Å². The Morgan fingerprint density at radius 2 is 2.03 bits per heavy atom. The molecule has 0 aliphatic carbocycles. The number of furan rings is 1. The van der Waals surface area contributed by atoms with Crippen LogP contribution in [0.25, 0.3) is 0 Å². The third-order valence-electron chi connectivity index (χ3n) is 5.28. The molecule has 0 atom stereocenters. The second-order valence-electron chi connectivity index (χ2n) is 9.27. The fraction of sp³-hybridized carbons (Fsp3) is 0.308. The van der Waals surface area contributed by atoms with Crippen LogP contribution in [0.15, 0.2) is 52.0 Å². The first kappa shape index (κ1) is 26.3. The van der Waals surface area contributed by atoms with Crippen molar-refractivity contribution in [1.29, 1.82) is 5.26 Å². The van der Waals surface area contributed by atoms with Gasteiger partial charge >= 0.3 is 6.09 Å². The molecule has 9 nitrogen and oxygen atoms in total. The van der Waals surface area contributed by atoms with E-state index in [1.807, 2.05) is 26.8 Å². The summed E-state index contributed by atoms with van der Waals surface area (Å²) in [6, 6.07) is 12.6. The largest absolute Gasteiger partial charge is 0.459 e. The molecular formula is C26H26N4O5S2. The molecule has 192 valence electrons. The number of anilines is 2. The summed E-state index contributed by atoms with van der Waals surface area (Å²) in [6.07, 6.45) is 1.56. The fourth-order valence-electron chi connectivity index (χ4n) is 3.67. The Bertz CT molecular complexity index is 1350. The predicted octanol–water partition coefficient (Wildman–Crippen LogP) is 5.49. The third kappa shape index (κ3) is 6.72. The van der Waals surface area contributed by atoms with E-state index in [0.717, 1.165) is 15.3 Å². The summed E-state index contributed by atoms with van der Waals surface area (Å²) in [6.45, 7) is 6.24. The summed E-state index contributed by atoms with van der Waals surface area (Å²) in [7, 11) is 0. The zero-order valence-corrected chi connectivity index (χ0v) is 22.3. The minimum atomic E-state index is -0.591. The molecule has 0 bridgehead atoms. The van der Waals surface area contributed by atoms with Crippen molar-refractivity contribution in [3.05, 3.63) is 64.4 Å². The molecule has 2 aromatic heterocycles. The van der Waals surface area contributed by atoms with E-state index in [0.29, 0.717) is 35.8 Å².